The number of hydrogen-bond donors (Lipinski definition) is 2. The largest absolute Gasteiger partial charge is 0.481 e. The van der Waals surface area contributed by atoms with Crippen molar-refractivity contribution in [3.05, 3.63) is 18.0 Å². The van der Waals surface area contributed by atoms with Crippen molar-refractivity contribution in [1.29, 1.82) is 0 Å². The Bertz CT molecular complexity index is 460. The van der Waals surface area contributed by atoms with Crippen LogP contribution in [0.3, 0.4) is 0 Å². The summed E-state index contributed by atoms with van der Waals surface area (Å²) >= 11 is 0. The molecule has 0 aliphatic heterocycles. The van der Waals surface area contributed by atoms with Gasteiger partial charge in [0.2, 0.25) is 0 Å². The van der Waals surface area contributed by atoms with Gasteiger partial charge in [0.05, 0.1) is 18.2 Å². The summed E-state index contributed by atoms with van der Waals surface area (Å²) in [6.07, 6.45) is 3.59. The minimum Gasteiger partial charge on any atom is -0.481 e. The molecule has 0 aromatic carbocycles. The van der Waals surface area contributed by atoms with Gasteiger partial charge in [0, 0.05) is 19.3 Å². The number of rotatable bonds is 5. The van der Waals surface area contributed by atoms with Gasteiger partial charge in [-0.1, -0.05) is 20.8 Å². The zero-order valence-electron chi connectivity index (χ0n) is 11.8. The predicted octanol–water partition coefficient (Wildman–Crippen LogP) is 1.43. The number of nitrogens with one attached hydrogen (secondary N) is 1. The van der Waals surface area contributed by atoms with Gasteiger partial charge in [-0.2, -0.15) is 5.10 Å². The SMILES string of the molecule is Cn1cc(C(=O)NC(CC(=O)O)CC(C)(C)C)cn1. The first-order valence-electron chi connectivity index (χ1n) is 6.19. The van der Waals surface area contributed by atoms with E-state index >= 15 is 0 Å². The van der Waals surface area contributed by atoms with Crippen molar-refractivity contribution < 1.29 is 14.7 Å². The van der Waals surface area contributed by atoms with Crippen LogP contribution in [0.5, 0.6) is 0 Å². The van der Waals surface area contributed by atoms with Gasteiger partial charge < -0.3 is 10.4 Å². The Hall–Kier alpha value is -1.85. The highest BCUT2D eigenvalue weighted by Gasteiger charge is 2.23. The van der Waals surface area contributed by atoms with Gasteiger partial charge in [-0.05, 0) is 11.8 Å². The molecule has 0 aliphatic carbocycles. The highest BCUT2D eigenvalue weighted by atomic mass is 16.4. The zero-order valence-corrected chi connectivity index (χ0v) is 11.8. The molecule has 6 heteroatoms. The van der Waals surface area contributed by atoms with Crippen molar-refractivity contribution in [3.63, 3.8) is 0 Å². The molecule has 0 fully saturated rings. The molecule has 0 bridgehead atoms. The monoisotopic (exact) mass is 267 g/mol. The lowest BCUT2D eigenvalue weighted by Gasteiger charge is -2.25. The molecule has 0 spiro atoms. The van der Waals surface area contributed by atoms with Crippen molar-refractivity contribution in [1.82, 2.24) is 15.1 Å². The fourth-order valence-electron chi connectivity index (χ4n) is 1.93. The first-order chi connectivity index (χ1) is 8.67. The van der Waals surface area contributed by atoms with Crippen LogP contribution < -0.4 is 5.32 Å². The molecule has 0 saturated heterocycles. The van der Waals surface area contributed by atoms with E-state index in [0.717, 1.165) is 0 Å². The second kappa shape index (κ2) is 5.86. The van der Waals surface area contributed by atoms with Crippen LogP contribution in [0.2, 0.25) is 0 Å². The molecule has 0 saturated carbocycles. The number of aliphatic carboxylic acids is 1. The molecule has 2 N–H and O–H groups in total. The number of carbonyl (C=O) groups is 2. The number of carboxylic acids is 1. The Morgan fingerprint density at radius 3 is 2.53 bits per heavy atom. The molecule has 0 aliphatic rings. The molecule has 1 unspecified atom stereocenters. The molecule has 1 amide bonds. The van der Waals surface area contributed by atoms with Gasteiger partial charge in [-0.25, -0.2) is 0 Å². The Labute approximate surface area is 112 Å². The Morgan fingerprint density at radius 1 is 1.47 bits per heavy atom. The van der Waals surface area contributed by atoms with Crippen LogP contribution in [-0.4, -0.2) is 32.8 Å². The predicted molar refractivity (Wildman–Crippen MR) is 70.8 cm³/mol. The van der Waals surface area contributed by atoms with Gasteiger partial charge in [0.1, 0.15) is 0 Å². The standard InChI is InChI=1S/C13H21N3O3/c1-13(2,3)6-10(5-11(17)18)15-12(19)9-7-14-16(4)8-9/h7-8,10H,5-6H2,1-4H3,(H,15,19)(H,17,18). The van der Waals surface area contributed by atoms with E-state index in [4.69, 9.17) is 5.11 Å². The second-order valence-electron chi connectivity index (χ2n) is 5.94. The first-order valence-corrected chi connectivity index (χ1v) is 6.19. The molecule has 19 heavy (non-hydrogen) atoms. The summed E-state index contributed by atoms with van der Waals surface area (Å²) < 4.78 is 1.53. The molecular weight excluding hydrogens is 246 g/mol. The van der Waals surface area contributed by atoms with Gasteiger partial charge in [-0.15, -0.1) is 0 Å². The van der Waals surface area contributed by atoms with Crippen LogP contribution in [0.25, 0.3) is 0 Å². The molecule has 1 aromatic rings. The summed E-state index contributed by atoms with van der Waals surface area (Å²) in [7, 11) is 1.72. The Kier molecular flexibility index (Phi) is 4.69. The third kappa shape index (κ3) is 5.54. The maximum absolute atomic E-state index is 12.0. The average molecular weight is 267 g/mol. The maximum Gasteiger partial charge on any atom is 0.305 e. The van der Waals surface area contributed by atoms with Crippen molar-refractivity contribution in [2.75, 3.05) is 0 Å². The number of carbonyl (C=O) groups excluding carboxylic acids is 1. The molecule has 1 rings (SSSR count). The van der Waals surface area contributed by atoms with Crippen molar-refractivity contribution >= 4 is 11.9 Å². The van der Waals surface area contributed by atoms with E-state index in [9.17, 15) is 9.59 Å². The average Bonchev–Trinajstić information content (AvgIpc) is 2.60. The van der Waals surface area contributed by atoms with Crippen LogP contribution in [0, 0.1) is 5.41 Å². The Balaban J connectivity index is 2.71. The molecule has 6 nitrogen and oxygen atoms in total. The minimum atomic E-state index is -0.916. The summed E-state index contributed by atoms with van der Waals surface area (Å²) in [6.45, 7) is 6.04. The minimum absolute atomic E-state index is 0.0532. The third-order valence-corrected chi connectivity index (χ3v) is 2.58. The zero-order chi connectivity index (χ0) is 14.6. The van der Waals surface area contributed by atoms with E-state index in [1.54, 1.807) is 13.2 Å². The highest BCUT2D eigenvalue weighted by molar-refractivity contribution is 5.94. The van der Waals surface area contributed by atoms with E-state index in [-0.39, 0.29) is 23.8 Å². The number of carboxylic acid groups (broad SMARTS) is 1. The van der Waals surface area contributed by atoms with Crippen LogP contribution in [-0.2, 0) is 11.8 Å². The van der Waals surface area contributed by atoms with Crippen LogP contribution in [0.4, 0.5) is 0 Å². The summed E-state index contributed by atoms with van der Waals surface area (Å²) in [6, 6.07) is -0.384. The highest BCUT2D eigenvalue weighted by Crippen LogP contribution is 2.22. The summed E-state index contributed by atoms with van der Waals surface area (Å²) in [5, 5.41) is 15.6. The topological polar surface area (TPSA) is 84.2 Å². The summed E-state index contributed by atoms with van der Waals surface area (Å²) in [5.41, 5.74) is 0.384. The molecule has 0 radical (unpaired) electrons. The molecule has 1 aromatic heterocycles. The number of nitrogens with zero attached hydrogens (tertiary/aromatic N) is 2. The smallest absolute Gasteiger partial charge is 0.305 e. The van der Waals surface area contributed by atoms with E-state index in [1.807, 2.05) is 20.8 Å². The van der Waals surface area contributed by atoms with Crippen molar-refractivity contribution in [2.24, 2.45) is 12.5 Å². The van der Waals surface area contributed by atoms with Gasteiger partial charge >= 0.3 is 5.97 Å². The van der Waals surface area contributed by atoms with Gasteiger partial charge in [0.25, 0.3) is 5.91 Å². The fraction of sp³-hybridized carbons (Fsp3) is 0.615. The van der Waals surface area contributed by atoms with Gasteiger partial charge in [-0.3, -0.25) is 14.3 Å². The molecule has 106 valence electrons. The third-order valence-electron chi connectivity index (χ3n) is 2.58. The first kappa shape index (κ1) is 15.2. The van der Waals surface area contributed by atoms with Gasteiger partial charge in [0.15, 0.2) is 0 Å². The number of aryl methyl sites for hydroxylation is 1. The Morgan fingerprint density at radius 2 is 2.11 bits per heavy atom. The lowest BCUT2D eigenvalue weighted by atomic mass is 9.87. The van der Waals surface area contributed by atoms with Crippen LogP contribution in [0.1, 0.15) is 44.0 Å². The van der Waals surface area contributed by atoms with E-state index < -0.39 is 5.97 Å². The summed E-state index contributed by atoms with van der Waals surface area (Å²) in [4.78, 5) is 22.8. The summed E-state index contributed by atoms with van der Waals surface area (Å²) in [5.74, 6) is -1.20. The molecule has 1 heterocycles. The van der Waals surface area contributed by atoms with Crippen molar-refractivity contribution in [2.45, 2.75) is 39.7 Å². The number of aromatic nitrogens is 2. The number of amides is 1. The molecular formula is C13H21N3O3. The maximum atomic E-state index is 12.0. The lowest BCUT2D eigenvalue weighted by molar-refractivity contribution is -0.137. The quantitative estimate of drug-likeness (QED) is 0.845. The van der Waals surface area contributed by atoms with Crippen molar-refractivity contribution in [3.8, 4) is 0 Å². The van der Waals surface area contributed by atoms with Crippen LogP contribution >= 0.6 is 0 Å². The lowest BCUT2D eigenvalue weighted by Crippen LogP contribution is -2.39. The second-order valence-corrected chi connectivity index (χ2v) is 5.94. The normalized spacial score (nSPS) is 13.1. The van der Waals surface area contributed by atoms with Crippen LogP contribution in [0.15, 0.2) is 12.4 Å². The molecule has 1 atom stereocenters. The fourth-order valence-corrected chi connectivity index (χ4v) is 1.93. The number of hydrogen-bond acceptors (Lipinski definition) is 3. The van der Waals surface area contributed by atoms with E-state index in [1.165, 1.54) is 10.9 Å². The van der Waals surface area contributed by atoms with E-state index in [2.05, 4.69) is 10.4 Å². The van der Waals surface area contributed by atoms with E-state index in [0.29, 0.717) is 12.0 Å².